The van der Waals surface area contributed by atoms with Crippen molar-refractivity contribution in [2.45, 2.75) is 47.7 Å². The van der Waals surface area contributed by atoms with Crippen LogP contribution in [-0.4, -0.2) is 26.5 Å². The Balaban J connectivity index is 2.08. The highest BCUT2D eigenvalue weighted by atomic mass is 16.5. The van der Waals surface area contributed by atoms with Crippen LogP contribution in [-0.2, 0) is 13.1 Å². The molecular weight excluding hydrogens is 254 g/mol. The van der Waals surface area contributed by atoms with Gasteiger partial charge in [0, 0.05) is 24.7 Å². The maximum Gasteiger partial charge on any atom is 0.223 e. The molecule has 20 heavy (non-hydrogen) atoms. The molecule has 0 atom stereocenters. The average Bonchev–Trinajstić information content (AvgIpc) is 2.88. The van der Waals surface area contributed by atoms with Gasteiger partial charge < -0.3 is 9.84 Å². The summed E-state index contributed by atoms with van der Waals surface area (Å²) in [6.45, 7) is 12.7. The lowest BCUT2D eigenvalue weighted by Crippen LogP contribution is -2.19. The van der Waals surface area contributed by atoms with E-state index in [1.165, 1.54) is 5.56 Å². The third kappa shape index (κ3) is 3.45. The summed E-state index contributed by atoms with van der Waals surface area (Å²) in [7, 11) is 0. The van der Waals surface area contributed by atoms with Crippen molar-refractivity contribution in [3.8, 4) is 0 Å². The zero-order valence-electron chi connectivity index (χ0n) is 12.9. The largest absolute Gasteiger partial charge is 0.340 e. The second-order valence-corrected chi connectivity index (χ2v) is 5.56. The van der Waals surface area contributed by atoms with Crippen molar-refractivity contribution >= 4 is 0 Å². The molecule has 2 heterocycles. The molecule has 6 heteroatoms. The van der Waals surface area contributed by atoms with Gasteiger partial charge in [0.25, 0.3) is 0 Å². The van der Waals surface area contributed by atoms with Crippen molar-refractivity contribution in [1.82, 2.24) is 25.2 Å². The molecule has 0 fully saturated rings. The monoisotopic (exact) mass is 277 g/mol. The van der Waals surface area contributed by atoms with Gasteiger partial charge in [-0.1, -0.05) is 19.0 Å². The van der Waals surface area contributed by atoms with Crippen molar-refractivity contribution in [2.24, 2.45) is 5.92 Å². The summed E-state index contributed by atoms with van der Waals surface area (Å²) in [5, 5.41) is 11.9. The van der Waals surface area contributed by atoms with E-state index in [4.69, 9.17) is 4.52 Å². The van der Waals surface area contributed by atoms with Crippen LogP contribution in [0.15, 0.2) is 4.52 Å². The zero-order valence-corrected chi connectivity index (χ0v) is 12.9. The summed E-state index contributed by atoms with van der Waals surface area (Å²) in [6.07, 6.45) is 0. The minimum Gasteiger partial charge on any atom is -0.340 e. The summed E-state index contributed by atoms with van der Waals surface area (Å²) in [5.74, 6) is 1.89. The van der Waals surface area contributed by atoms with E-state index in [0.717, 1.165) is 24.5 Å². The Bertz CT molecular complexity index is 570. The fourth-order valence-electron chi connectivity index (χ4n) is 2.17. The van der Waals surface area contributed by atoms with Crippen LogP contribution in [0.1, 0.15) is 42.5 Å². The Morgan fingerprint density at radius 3 is 2.60 bits per heavy atom. The number of aromatic nitrogens is 4. The quantitative estimate of drug-likeness (QED) is 0.874. The van der Waals surface area contributed by atoms with Gasteiger partial charge in [0.15, 0.2) is 5.82 Å². The second kappa shape index (κ2) is 6.17. The van der Waals surface area contributed by atoms with Gasteiger partial charge >= 0.3 is 0 Å². The van der Waals surface area contributed by atoms with Crippen LogP contribution in [0.25, 0.3) is 0 Å². The number of nitrogens with zero attached hydrogens (tertiary/aromatic N) is 4. The third-order valence-corrected chi connectivity index (χ3v) is 3.25. The van der Waals surface area contributed by atoms with Crippen molar-refractivity contribution in [2.75, 3.05) is 6.54 Å². The first kappa shape index (κ1) is 14.7. The van der Waals surface area contributed by atoms with Gasteiger partial charge in [-0.05, 0) is 26.3 Å². The second-order valence-electron chi connectivity index (χ2n) is 5.56. The number of hydrogen-bond donors (Lipinski definition) is 1. The number of hydrogen-bond acceptors (Lipinski definition) is 5. The normalized spacial score (nSPS) is 11.5. The molecule has 0 saturated carbocycles. The van der Waals surface area contributed by atoms with Gasteiger partial charge in [0.2, 0.25) is 5.89 Å². The molecule has 0 aliphatic rings. The van der Waals surface area contributed by atoms with Crippen LogP contribution in [0, 0.1) is 26.7 Å². The predicted molar refractivity (Wildman–Crippen MR) is 76.4 cm³/mol. The topological polar surface area (TPSA) is 68.8 Å². The molecule has 0 saturated heterocycles. The minimum atomic E-state index is 0.550. The molecule has 0 aliphatic heterocycles. The van der Waals surface area contributed by atoms with Gasteiger partial charge in [-0.15, -0.1) is 0 Å². The van der Waals surface area contributed by atoms with Crippen molar-refractivity contribution < 1.29 is 4.52 Å². The highest BCUT2D eigenvalue weighted by Crippen LogP contribution is 2.14. The summed E-state index contributed by atoms with van der Waals surface area (Å²) >= 11 is 0. The average molecular weight is 277 g/mol. The fraction of sp³-hybridized carbons (Fsp3) is 0.643. The summed E-state index contributed by atoms with van der Waals surface area (Å²) in [5.41, 5.74) is 3.46. The van der Waals surface area contributed by atoms with Crippen molar-refractivity contribution in [3.63, 3.8) is 0 Å². The van der Waals surface area contributed by atoms with Crippen LogP contribution >= 0.6 is 0 Å². The molecule has 0 aromatic carbocycles. The molecule has 0 aliphatic carbocycles. The van der Waals surface area contributed by atoms with Gasteiger partial charge in [0.1, 0.15) is 6.54 Å². The van der Waals surface area contributed by atoms with E-state index >= 15 is 0 Å². The van der Waals surface area contributed by atoms with Gasteiger partial charge in [-0.3, -0.25) is 4.68 Å². The van der Waals surface area contributed by atoms with E-state index in [0.29, 0.717) is 24.2 Å². The molecule has 0 spiro atoms. The van der Waals surface area contributed by atoms with Crippen molar-refractivity contribution in [1.29, 1.82) is 0 Å². The first-order valence-electron chi connectivity index (χ1n) is 7.00. The van der Waals surface area contributed by atoms with Gasteiger partial charge in [-0.25, -0.2) is 0 Å². The lowest BCUT2D eigenvalue weighted by atomic mass is 10.2. The molecule has 0 bridgehead atoms. The Morgan fingerprint density at radius 1 is 1.25 bits per heavy atom. The zero-order chi connectivity index (χ0) is 14.7. The van der Waals surface area contributed by atoms with Gasteiger partial charge in [0.05, 0.1) is 5.69 Å². The van der Waals surface area contributed by atoms with E-state index in [1.54, 1.807) is 6.92 Å². The van der Waals surface area contributed by atoms with E-state index in [9.17, 15) is 0 Å². The highest BCUT2D eigenvalue weighted by molar-refractivity contribution is 5.24. The first-order chi connectivity index (χ1) is 9.47. The lowest BCUT2D eigenvalue weighted by molar-refractivity contribution is 0.385. The Labute approximate surface area is 119 Å². The molecule has 2 rings (SSSR count). The molecule has 6 nitrogen and oxygen atoms in total. The lowest BCUT2D eigenvalue weighted by Gasteiger charge is -2.08. The van der Waals surface area contributed by atoms with E-state index in [-0.39, 0.29) is 0 Å². The van der Waals surface area contributed by atoms with Crippen LogP contribution in [0.5, 0.6) is 0 Å². The predicted octanol–water partition coefficient (Wildman–Crippen LogP) is 1.99. The molecule has 0 amide bonds. The minimum absolute atomic E-state index is 0.550. The molecule has 1 N–H and O–H groups in total. The summed E-state index contributed by atoms with van der Waals surface area (Å²) in [4.78, 5) is 4.22. The molecule has 0 unspecified atom stereocenters. The third-order valence-electron chi connectivity index (χ3n) is 3.25. The van der Waals surface area contributed by atoms with E-state index in [1.807, 2.05) is 11.6 Å². The Morgan fingerprint density at radius 2 is 2.00 bits per heavy atom. The number of nitrogens with one attached hydrogen (secondary N) is 1. The van der Waals surface area contributed by atoms with E-state index in [2.05, 4.69) is 41.3 Å². The van der Waals surface area contributed by atoms with E-state index < -0.39 is 0 Å². The summed E-state index contributed by atoms with van der Waals surface area (Å²) < 4.78 is 6.93. The summed E-state index contributed by atoms with van der Waals surface area (Å²) in [6, 6.07) is 0. The molecule has 110 valence electrons. The SMILES string of the molecule is Cc1nc(Cn2nc(C)c(CNCC(C)C)c2C)no1. The molecule has 2 aromatic heterocycles. The first-order valence-corrected chi connectivity index (χ1v) is 7.00. The maximum atomic E-state index is 4.99. The fourth-order valence-corrected chi connectivity index (χ4v) is 2.17. The van der Waals surface area contributed by atoms with Crippen LogP contribution in [0.3, 0.4) is 0 Å². The van der Waals surface area contributed by atoms with Crippen molar-refractivity contribution in [3.05, 3.63) is 28.7 Å². The van der Waals surface area contributed by atoms with Crippen LogP contribution in [0.4, 0.5) is 0 Å². The maximum absolute atomic E-state index is 4.99. The molecule has 2 aromatic rings. The van der Waals surface area contributed by atoms with Crippen LogP contribution < -0.4 is 5.32 Å². The van der Waals surface area contributed by atoms with Crippen LogP contribution in [0.2, 0.25) is 0 Å². The molecular formula is C14H23N5O. The smallest absolute Gasteiger partial charge is 0.223 e. The number of aryl methyl sites for hydroxylation is 2. The van der Waals surface area contributed by atoms with Gasteiger partial charge in [-0.2, -0.15) is 10.1 Å². The Kier molecular flexibility index (Phi) is 4.54. The standard InChI is InChI=1S/C14H23N5O/c1-9(2)6-15-7-13-10(3)17-19(11(13)4)8-14-16-12(5)20-18-14/h9,15H,6-8H2,1-5H3. The molecule has 0 radical (unpaired) electrons. The highest BCUT2D eigenvalue weighted by Gasteiger charge is 2.13. The Hall–Kier alpha value is -1.69. The number of rotatable bonds is 6.